The number of amides is 2. The zero-order valence-corrected chi connectivity index (χ0v) is 20.6. The van der Waals surface area contributed by atoms with Gasteiger partial charge in [0.1, 0.15) is 23.0 Å². The van der Waals surface area contributed by atoms with Crippen molar-refractivity contribution >= 4 is 18.0 Å². The molecule has 2 aromatic heterocycles. The van der Waals surface area contributed by atoms with Crippen LogP contribution < -0.4 is 10.1 Å². The first-order chi connectivity index (χ1) is 18.2. The maximum absolute atomic E-state index is 13.0. The van der Waals surface area contributed by atoms with E-state index in [2.05, 4.69) is 37.1 Å². The van der Waals surface area contributed by atoms with Crippen LogP contribution in [0.2, 0.25) is 0 Å². The van der Waals surface area contributed by atoms with E-state index in [0.717, 1.165) is 26.0 Å². The quantitative estimate of drug-likeness (QED) is 0.264. The monoisotopic (exact) mass is 529 g/mol. The Balaban J connectivity index is 1.45. The number of anilines is 1. The van der Waals surface area contributed by atoms with Crippen LogP contribution in [0.15, 0.2) is 36.7 Å². The first-order valence-corrected chi connectivity index (χ1v) is 11.8. The normalized spacial score (nSPS) is 14.1. The van der Waals surface area contributed by atoms with Crippen LogP contribution in [0.5, 0.6) is 5.75 Å². The molecule has 2 amide bonds. The summed E-state index contributed by atoms with van der Waals surface area (Å²) >= 11 is 0. The molecule has 0 bridgehead atoms. The van der Waals surface area contributed by atoms with Crippen LogP contribution in [0.1, 0.15) is 17.8 Å². The highest BCUT2D eigenvalue weighted by molar-refractivity contribution is 6.05. The minimum absolute atomic E-state index is 0.00610. The Morgan fingerprint density at radius 2 is 2.03 bits per heavy atom. The van der Waals surface area contributed by atoms with Gasteiger partial charge < -0.3 is 19.9 Å². The SMILES string of the molecule is Cn1ccc(C#CC(=O)Nc2cc(-c3ncc(C(F)(F)F)[nH]3)ccc2OCCCN2CCN(C=O)CC2)n1. The summed E-state index contributed by atoms with van der Waals surface area (Å²) in [6, 6.07) is 6.26. The summed E-state index contributed by atoms with van der Waals surface area (Å²) < 4.78 is 46.5. The number of aromatic amines is 1. The summed E-state index contributed by atoms with van der Waals surface area (Å²) in [6.45, 7) is 4.05. The van der Waals surface area contributed by atoms with Gasteiger partial charge in [-0.2, -0.15) is 18.3 Å². The molecule has 0 atom stereocenters. The number of aryl methyl sites for hydroxylation is 1. The molecular formula is C25H26F3N7O3. The van der Waals surface area contributed by atoms with Gasteiger partial charge in [0, 0.05) is 57.5 Å². The number of aromatic nitrogens is 4. The summed E-state index contributed by atoms with van der Waals surface area (Å²) in [5, 5.41) is 6.74. The van der Waals surface area contributed by atoms with Crippen molar-refractivity contribution in [3.05, 3.63) is 48.0 Å². The Morgan fingerprint density at radius 1 is 1.24 bits per heavy atom. The number of hydrogen-bond donors (Lipinski definition) is 2. The molecule has 13 heteroatoms. The molecule has 10 nitrogen and oxygen atoms in total. The fraction of sp³-hybridized carbons (Fsp3) is 0.360. The number of ether oxygens (including phenoxy) is 1. The largest absolute Gasteiger partial charge is 0.491 e. The Hall–Kier alpha value is -4.31. The van der Waals surface area contributed by atoms with Crippen LogP contribution >= 0.6 is 0 Å². The number of carbonyl (C=O) groups excluding carboxylic acids is 2. The van der Waals surface area contributed by atoms with Crippen molar-refractivity contribution in [1.82, 2.24) is 29.5 Å². The topological polar surface area (TPSA) is 108 Å². The van der Waals surface area contributed by atoms with E-state index in [-0.39, 0.29) is 11.5 Å². The summed E-state index contributed by atoms with van der Waals surface area (Å²) in [4.78, 5) is 33.4. The molecule has 0 radical (unpaired) electrons. The average molecular weight is 530 g/mol. The van der Waals surface area contributed by atoms with Crippen molar-refractivity contribution in [3.8, 4) is 29.0 Å². The van der Waals surface area contributed by atoms with Gasteiger partial charge in [-0.15, -0.1) is 0 Å². The van der Waals surface area contributed by atoms with Crippen LogP contribution in [0.25, 0.3) is 11.4 Å². The number of imidazole rings is 1. The summed E-state index contributed by atoms with van der Waals surface area (Å²) in [5.74, 6) is 4.81. The van der Waals surface area contributed by atoms with E-state index in [9.17, 15) is 22.8 Å². The van der Waals surface area contributed by atoms with Gasteiger partial charge in [-0.05, 0) is 36.6 Å². The zero-order valence-electron chi connectivity index (χ0n) is 20.6. The molecule has 1 aliphatic heterocycles. The number of hydrogen-bond acceptors (Lipinski definition) is 6. The summed E-state index contributed by atoms with van der Waals surface area (Å²) in [5.41, 5.74) is 0.00647. The average Bonchev–Trinajstić information content (AvgIpc) is 3.56. The van der Waals surface area contributed by atoms with Crippen molar-refractivity contribution in [1.29, 1.82) is 0 Å². The molecule has 3 aromatic rings. The van der Waals surface area contributed by atoms with E-state index in [1.165, 1.54) is 6.07 Å². The molecule has 0 aliphatic carbocycles. The molecule has 0 saturated carbocycles. The van der Waals surface area contributed by atoms with E-state index in [0.29, 0.717) is 49.3 Å². The number of halogens is 3. The van der Waals surface area contributed by atoms with Gasteiger partial charge in [0.2, 0.25) is 6.41 Å². The lowest BCUT2D eigenvalue weighted by Gasteiger charge is -2.32. The Morgan fingerprint density at radius 3 is 2.68 bits per heavy atom. The van der Waals surface area contributed by atoms with Crippen molar-refractivity contribution in [2.75, 3.05) is 44.6 Å². The molecule has 38 heavy (non-hydrogen) atoms. The van der Waals surface area contributed by atoms with Gasteiger partial charge in [0.05, 0.1) is 18.5 Å². The molecule has 0 unspecified atom stereocenters. The molecule has 2 N–H and O–H groups in total. The fourth-order valence-corrected chi connectivity index (χ4v) is 3.83. The molecule has 1 aromatic carbocycles. The lowest BCUT2D eigenvalue weighted by atomic mass is 10.1. The third-order valence-corrected chi connectivity index (χ3v) is 5.83. The van der Waals surface area contributed by atoms with Crippen LogP contribution in [-0.4, -0.2) is 81.2 Å². The second-order valence-corrected chi connectivity index (χ2v) is 8.62. The van der Waals surface area contributed by atoms with Crippen molar-refractivity contribution in [2.24, 2.45) is 7.05 Å². The lowest BCUT2D eigenvalue weighted by molar-refractivity contribution is -0.140. The molecule has 4 rings (SSSR count). The number of H-pyrrole nitrogens is 1. The zero-order chi connectivity index (χ0) is 27.1. The lowest BCUT2D eigenvalue weighted by Crippen LogP contribution is -2.46. The molecule has 1 saturated heterocycles. The standard InChI is InChI=1S/C25H26F3N7O3/c1-33-9-7-19(32-33)4-6-23(37)30-20-15-18(24-29-16-22(31-24)25(26,27)28)3-5-21(20)38-14-2-8-34-10-12-35(17-36)13-11-34/h3,5,7,9,15-17H,2,8,10-14H2,1H3,(H,29,31)(H,30,37). The minimum Gasteiger partial charge on any atom is -0.491 e. The van der Waals surface area contributed by atoms with Crippen LogP contribution in [0.3, 0.4) is 0 Å². The van der Waals surface area contributed by atoms with Crippen LogP contribution in [0, 0.1) is 11.8 Å². The van der Waals surface area contributed by atoms with Crippen LogP contribution in [-0.2, 0) is 22.8 Å². The Kier molecular flexibility index (Phi) is 8.32. The first kappa shape index (κ1) is 26.7. The number of benzene rings is 1. The first-order valence-electron chi connectivity index (χ1n) is 11.8. The molecule has 3 heterocycles. The number of rotatable bonds is 8. The number of piperazine rings is 1. The number of alkyl halides is 3. The van der Waals surface area contributed by atoms with Gasteiger partial charge >= 0.3 is 12.1 Å². The highest BCUT2D eigenvalue weighted by Crippen LogP contribution is 2.33. The van der Waals surface area contributed by atoms with E-state index in [1.54, 1.807) is 41.0 Å². The number of nitrogens with one attached hydrogen (secondary N) is 2. The smallest absolute Gasteiger partial charge is 0.432 e. The second-order valence-electron chi connectivity index (χ2n) is 8.62. The maximum atomic E-state index is 13.0. The summed E-state index contributed by atoms with van der Waals surface area (Å²) in [6.07, 6.45) is -0.605. The van der Waals surface area contributed by atoms with Gasteiger partial charge in [-0.1, -0.05) is 0 Å². The third kappa shape index (κ3) is 7.13. The predicted molar refractivity (Wildman–Crippen MR) is 132 cm³/mol. The Labute approximate surface area is 216 Å². The van der Waals surface area contributed by atoms with E-state index >= 15 is 0 Å². The van der Waals surface area contributed by atoms with E-state index in [1.807, 2.05) is 0 Å². The Bertz CT molecular complexity index is 1330. The van der Waals surface area contributed by atoms with Crippen molar-refractivity contribution in [3.63, 3.8) is 0 Å². The minimum atomic E-state index is -4.56. The van der Waals surface area contributed by atoms with Gasteiger partial charge in [-0.3, -0.25) is 19.2 Å². The number of nitrogens with zero attached hydrogens (tertiary/aromatic N) is 5. The predicted octanol–water partition coefficient (Wildman–Crippen LogP) is 2.36. The maximum Gasteiger partial charge on any atom is 0.432 e. The fourth-order valence-electron chi connectivity index (χ4n) is 3.83. The van der Waals surface area contributed by atoms with Crippen molar-refractivity contribution < 1.29 is 27.5 Å². The summed E-state index contributed by atoms with van der Waals surface area (Å²) in [7, 11) is 1.73. The van der Waals surface area contributed by atoms with Crippen LogP contribution in [0.4, 0.5) is 18.9 Å². The molecule has 1 fully saturated rings. The number of carbonyl (C=O) groups is 2. The van der Waals surface area contributed by atoms with E-state index < -0.39 is 17.8 Å². The van der Waals surface area contributed by atoms with Gasteiger partial charge in [-0.25, -0.2) is 4.98 Å². The molecular weight excluding hydrogens is 503 g/mol. The second kappa shape index (κ2) is 11.8. The van der Waals surface area contributed by atoms with Crippen molar-refractivity contribution in [2.45, 2.75) is 12.6 Å². The van der Waals surface area contributed by atoms with Gasteiger partial charge in [0.25, 0.3) is 0 Å². The molecule has 0 spiro atoms. The van der Waals surface area contributed by atoms with E-state index in [4.69, 9.17) is 4.74 Å². The third-order valence-electron chi connectivity index (χ3n) is 5.83. The highest BCUT2D eigenvalue weighted by atomic mass is 19.4. The van der Waals surface area contributed by atoms with Gasteiger partial charge in [0.15, 0.2) is 0 Å². The molecule has 200 valence electrons. The highest BCUT2D eigenvalue weighted by Gasteiger charge is 2.33. The molecule has 1 aliphatic rings.